The van der Waals surface area contributed by atoms with Crippen LogP contribution in [0, 0.1) is 0 Å². The molecule has 0 radical (unpaired) electrons. The maximum Gasteiger partial charge on any atom is 0.303 e. The monoisotopic (exact) mass is 286 g/mol. The van der Waals surface area contributed by atoms with Crippen LogP contribution in [0.25, 0.3) is 0 Å². The number of hydrogen-bond donors (Lipinski definition) is 1. The second kappa shape index (κ2) is 7.89. The van der Waals surface area contributed by atoms with Crippen LogP contribution in [0.5, 0.6) is 11.5 Å². The minimum atomic E-state index is -0.799. The number of aliphatic carboxylic acids is 1. The topological polar surface area (TPSA) is 55.8 Å². The molecule has 1 aromatic rings. The van der Waals surface area contributed by atoms with E-state index in [9.17, 15) is 4.79 Å². The van der Waals surface area contributed by atoms with Crippen molar-refractivity contribution in [2.24, 2.45) is 0 Å². The molecular formula is C14H19ClO4. The second-order valence-electron chi connectivity index (χ2n) is 4.00. The molecule has 0 aromatic heterocycles. The molecule has 0 fully saturated rings. The molecule has 5 heteroatoms. The number of benzene rings is 1. The molecule has 0 unspecified atom stereocenters. The van der Waals surface area contributed by atoms with Crippen molar-refractivity contribution in [3.05, 3.63) is 22.7 Å². The van der Waals surface area contributed by atoms with Gasteiger partial charge in [-0.25, -0.2) is 0 Å². The summed E-state index contributed by atoms with van der Waals surface area (Å²) in [6.07, 6.45) is 1.29. The quantitative estimate of drug-likeness (QED) is 0.794. The summed E-state index contributed by atoms with van der Waals surface area (Å²) >= 11 is 6.17. The molecule has 0 aliphatic rings. The molecule has 4 nitrogen and oxygen atoms in total. The second-order valence-corrected chi connectivity index (χ2v) is 4.41. The summed E-state index contributed by atoms with van der Waals surface area (Å²) < 4.78 is 11.0. The summed E-state index contributed by atoms with van der Waals surface area (Å²) in [4.78, 5) is 10.5. The highest BCUT2D eigenvalue weighted by atomic mass is 35.5. The molecule has 106 valence electrons. The molecular weight excluding hydrogens is 268 g/mol. The molecule has 0 saturated heterocycles. The number of halogens is 1. The first-order valence-corrected chi connectivity index (χ1v) is 6.76. The van der Waals surface area contributed by atoms with Crippen molar-refractivity contribution >= 4 is 17.6 Å². The van der Waals surface area contributed by atoms with Crippen LogP contribution in [0.15, 0.2) is 12.1 Å². The standard InChI is InChI=1S/C14H19ClO4/c1-3-18-12-8-10(6-5-7-14(16)17)11(15)9-13(12)19-4-2/h8-9H,3-7H2,1-2H3,(H,16,17). The van der Waals surface area contributed by atoms with Crippen molar-refractivity contribution < 1.29 is 19.4 Å². The van der Waals surface area contributed by atoms with Gasteiger partial charge in [0.05, 0.1) is 13.2 Å². The lowest BCUT2D eigenvalue weighted by Gasteiger charge is -2.13. The Hall–Kier alpha value is -1.42. The summed E-state index contributed by atoms with van der Waals surface area (Å²) in [6.45, 7) is 4.86. The number of rotatable bonds is 8. The molecule has 0 heterocycles. The van der Waals surface area contributed by atoms with Crippen LogP contribution in [-0.2, 0) is 11.2 Å². The Morgan fingerprint density at radius 2 is 1.79 bits per heavy atom. The van der Waals surface area contributed by atoms with E-state index in [1.165, 1.54) is 0 Å². The molecule has 1 N–H and O–H groups in total. The van der Waals surface area contributed by atoms with Crippen LogP contribution in [0.1, 0.15) is 32.3 Å². The van der Waals surface area contributed by atoms with E-state index in [4.69, 9.17) is 26.2 Å². The van der Waals surface area contributed by atoms with Gasteiger partial charge in [-0.1, -0.05) is 11.6 Å². The fourth-order valence-electron chi connectivity index (χ4n) is 1.74. The van der Waals surface area contributed by atoms with Gasteiger partial charge >= 0.3 is 5.97 Å². The summed E-state index contributed by atoms with van der Waals surface area (Å²) in [5.41, 5.74) is 0.884. The molecule has 0 aliphatic carbocycles. The zero-order valence-electron chi connectivity index (χ0n) is 11.2. The molecule has 19 heavy (non-hydrogen) atoms. The lowest BCUT2D eigenvalue weighted by molar-refractivity contribution is -0.137. The molecule has 1 aromatic carbocycles. The van der Waals surface area contributed by atoms with Gasteiger partial charge in [-0.05, 0) is 38.3 Å². The summed E-state index contributed by atoms with van der Waals surface area (Å²) in [5.74, 6) is 0.475. The molecule has 0 aliphatic heterocycles. The maximum atomic E-state index is 10.5. The highest BCUT2D eigenvalue weighted by molar-refractivity contribution is 6.31. The first kappa shape index (κ1) is 15.6. The van der Waals surface area contributed by atoms with Gasteiger partial charge in [0.25, 0.3) is 0 Å². The Morgan fingerprint density at radius 1 is 1.21 bits per heavy atom. The van der Waals surface area contributed by atoms with Crippen molar-refractivity contribution in [3.8, 4) is 11.5 Å². The molecule has 1 rings (SSSR count). The molecule has 0 spiro atoms. The number of ether oxygens (including phenoxy) is 2. The predicted molar refractivity (Wildman–Crippen MR) is 74.4 cm³/mol. The fourth-order valence-corrected chi connectivity index (χ4v) is 1.98. The van der Waals surface area contributed by atoms with Crippen LogP contribution < -0.4 is 9.47 Å². The smallest absolute Gasteiger partial charge is 0.303 e. The van der Waals surface area contributed by atoms with E-state index >= 15 is 0 Å². The van der Waals surface area contributed by atoms with Crippen LogP contribution in [0.3, 0.4) is 0 Å². The highest BCUT2D eigenvalue weighted by Gasteiger charge is 2.11. The minimum Gasteiger partial charge on any atom is -0.490 e. The van der Waals surface area contributed by atoms with Crippen LogP contribution in [0.4, 0.5) is 0 Å². The van der Waals surface area contributed by atoms with E-state index in [1.54, 1.807) is 6.07 Å². The normalized spacial score (nSPS) is 10.3. The van der Waals surface area contributed by atoms with Crippen molar-refractivity contribution in [1.29, 1.82) is 0 Å². The number of hydrogen-bond acceptors (Lipinski definition) is 3. The Balaban J connectivity index is 2.86. The highest BCUT2D eigenvalue weighted by Crippen LogP contribution is 2.34. The van der Waals surface area contributed by atoms with Gasteiger partial charge in [-0.2, -0.15) is 0 Å². The maximum absolute atomic E-state index is 10.5. The largest absolute Gasteiger partial charge is 0.490 e. The third-order valence-corrected chi connectivity index (χ3v) is 2.90. The van der Waals surface area contributed by atoms with Crippen molar-refractivity contribution in [1.82, 2.24) is 0 Å². The van der Waals surface area contributed by atoms with Crippen molar-refractivity contribution in [2.75, 3.05) is 13.2 Å². The Kier molecular flexibility index (Phi) is 6.50. The van der Waals surface area contributed by atoms with Gasteiger partial charge in [0, 0.05) is 17.5 Å². The van der Waals surface area contributed by atoms with Gasteiger partial charge in [0.1, 0.15) is 0 Å². The van der Waals surface area contributed by atoms with Crippen LogP contribution >= 0.6 is 11.6 Å². The van der Waals surface area contributed by atoms with Gasteiger partial charge in [-0.15, -0.1) is 0 Å². The summed E-state index contributed by atoms with van der Waals surface area (Å²) in [7, 11) is 0. The summed E-state index contributed by atoms with van der Waals surface area (Å²) in [6, 6.07) is 3.56. The van der Waals surface area contributed by atoms with Gasteiger partial charge < -0.3 is 14.6 Å². The van der Waals surface area contributed by atoms with Gasteiger partial charge in [0.15, 0.2) is 11.5 Å². The molecule has 0 atom stereocenters. The van der Waals surface area contributed by atoms with Crippen molar-refractivity contribution in [3.63, 3.8) is 0 Å². The Bertz CT molecular complexity index is 432. The van der Waals surface area contributed by atoms with Gasteiger partial charge in [-0.3, -0.25) is 4.79 Å². The first-order valence-electron chi connectivity index (χ1n) is 6.38. The Labute approximate surface area is 118 Å². The van der Waals surface area contributed by atoms with E-state index in [-0.39, 0.29) is 6.42 Å². The number of carboxylic acid groups (broad SMARTS) is 1. The minimum absolute atomic E-state index is 0.132. The van der Waals surface area contributed by atoms with Crippen molar-refractivity contribution in [2.45, 2.75) is 33.1 Å². The average Bonchev–Trinajstić information content (AvgIpc) is 2.34. The molecule has 0 bridgehead atoms. The fraction of sp³-hybridized carbons (Fsp3) is 0.500. The van der Waals surface area contributed by atoms with Gasteiger partial charge in [0.2, 0.25) is 0 Å². The van der Waals surface area contributed by atoms with E-state index in [0.717, 1.165) is 5.56 Å². The van der Waals surface area contributed by atoms with E-state index in [2.05, 4.69) is 0 Å². The van der Waals surface area contributed by atoms with Crippen LogP contribution in [0.2, 0.25) is 5.02 Å². The average molecular weight is 287 g/mol. The van der Waals surface area contributed by atoms with E-state index in [0.29, 0.717) is 42.6 Å². The Morgan fingerprint density at radius 3 is 2.32 bits per heavy atom. The number of carboxylic acids is 1. The first-order chi connectivity index (χ1) is 9.08. The number of aryl methyl sites for hydroxylation is 1. The third-order valence-electron chi connectivity index (χ3n) is 2.55. The SMILES string of the molecule is CCOc1cc(Cl)c(CCCC(=O)O)cc1OCC. The number of carbonyl (C=O) groups is 1. The van der Waals surface area contributed by atoms with Crippen LogP contribution in [-0.4, -0.2) is 24.3 Å². The summed E-state index contributed by atoms with van der Waals surface area (Å²) in [5, 5.41) is 9.22. The molecule has 0 amide bonds. The lowest BCUT2D eigenvalue weighted by Crippen LogP contribution is -2.01. The lowest BCUT2D eigenvalue weighted by atomic mass is 10.1. The third kappa shape index (κ3) is 4.99. The predicted octanol–water partition coefficient (Wildman–Crippen LogP) is 3.54. The molecule has 0 saturated carbocycles. The van der Waals surface area contributed by atoms with E-state index in [1.807, 2.05) is 19.9 Å². The zero-order chi connectivity index (χ0) is 14.3. The zero-order valence-corrected chi connectivity index (χ0v) is 12.0. The van der Waals surface area contributed by atoms with E-state index < -0.39 is 5.97 Å².